The van der Waals surface area contributed by atoms with Crippen molar-refractivity contribution in [2.75, 3.05) is 6.54 Å². The molecule has 10 heavy (non-hydrogen) atoms. The molecule has 0 saturated heterocycles. The van der Waals surface area contributed by atoms with Gasteiger partial charge in [-0.2, -0.15) is 0 Å². The smallest absolute Gasteiger partial charge is 0.273 e. The normalized spacial score (nSPS) is 24.9. The Morgan fingerprint density at radius 1 is 1.50 bits per heavy atom. The van der Waals surface area contributed by atoms with Gasteiger partial charge in [-0.25, -0.2) is 13.2 Å². The summed E-state index contributed by atoms with van der Waals surface area (Å²) < 4.78 is 36.8. The van der Waals surface area contributed by atoms with Crippen LogP contribution in [-0.2, 0) is 0 Å². The van der Waals surface area contributed by atoms with Crippen molar-refractivity contribution in [1.29, 1.82) is 0 Å². The highest BCUT2D eigenvalue weighted by Gasteiger charge is 2.51. The standard InChI is InChI=1S/C6H10F3N/c7-5(8)6(9,3-10)4-1-2-4/h4-5H,1-3,10H2. The zero-order valence-corrected chi connectivity index (χ0v) is 5.49. The Morgan fingerprint density at radius 2 is 2.00 bits per heavy atom. The molecule has 0 aliphatic heterocycles. The van der Waals surface area contributed by atoms with Crippen LogP contribution in [-0.4, -0.2) is 18.6 Å². The molecular formula is C6H10F3N. The van der Waals surface area contributed by atoms with E-state index in [-0.39, 0.29) is 0 Å². The molecule has 1 aliphatic rings. The van der Waals surface area contributed by atoms with Crippen molar-refractivity contribution in [2.45, 2.75) is 24.9 Å². The third-order valence-electron chi connectivity index (χ3n) is 1.93. The summed E-state index contributed by atoms with van der Waals surface area (Å²) in [5, 5.41) is 0. The maximum Gasteiger partial charge on any atom is 0.273 e. The van der Waals surface area contributed by atoms with Gasteiger partial charge >= 0.3 is 0 Å². The molecule has 0 amide bonds. The molecule has 2 N–H and O–H groups in total. The van der Waals surface area contributed by atoms with Crippen molar-refractivity contribution in [3.05, 3.63) is 0 Å². The van der Waals surface area contributed by atoms with Gasteiger partial charge in [0.2, 0.25) is 0 Å². The second kappa shape index (κ2) is 2.42. The predicted octanol–water partition coefficient (Wildman–Crippen LogP) is 1.33. The average molecular weight is 153 g/mol. The highest BCUT2D eigenvalue weighted by Crippen LogP contribution is 2.44. The fourth-order valence-corrected chi connectivity index (χ4v) is 0.997. The molecular weight excluding hydrogens is 143 g/mol. The van der Waals surface area contributed by atoms with Crippen molar-refractivity contribution in [2.24, 2.45) is 11.7 Å². The first-order valence-corrected chi connectivity index (χ1v) is 3.28. The van der Waals surface area contributed by atoms with E-state index in [0.717, 1.165) is 0 Å². The van der Waals surface area contributed by atoms with Crippen molar-refractivity contribution in [3.8, 4) is 0 Å². The topological polar surface area (TPSA) is 26.0 Å². The molecule has 0 aromatic carbocycles. The lowest BCUT2D eigenvalue weighted by molar-refractivity contribution is -0.0433. The molecule has 1 aliphatic carbocycles. The van der Waals surface area contributed by atoms with Crippen LogP contribution >= 0.6 is 0 Å². The maximum absolute atomic E-state index is 13.0. The van der Waals surface area contributed by atoms with Gasteiger partial charge in [0.1, 0.15) is 0 Å². The molecule has 1 atom stereocenters. The molecule has 1 nitrogen and oxygen atoms in total. The summed E-state index contributed by atoms with van der Waals surface area (Å²) in [6.07, 6.45) is -1.82. The molecule has 0 aromatic heterocycles. The lowest BCUT2D eigenvalue weighted by Crippen LogP contribution is -2.42. The zero-order chi connectivity index (χ0) is 7.78. The first-order chi connectivity index (χ1) is 4.61. The Hall–Kier alpha value is -0.250. The molecule has 1 unspecified atom stereocenters. The van der Waals surface area contributed by atoms with Crippen molar-refractivity contribution in [3.63, 3.8) is 0 Å². The van der Waals surface area contributed by atoms with Crippen LogP contribution in [0.5, 0.6) is 0 Å². The van der Waals surface area contributed by atoms with Gasteiger partial charge in [0.15, 0.2) is 5.67 Å². The number of hydrogen-bond donors (Lipinski definition) is 1. The monoisotopic (exact) mass is 153 g/mol. The lowest BCUT2D eigenvalue weighted by atomic mass is 10.0. The fourth-order valence-electron chi connectivity index (χ4n) is 0.997. The minimum atomic E-state index is -2.93. The minimum absolute atomic E-state index is 0.488. The van der Waals surface area contributed by atoms with Gasteiger partial charge in [0, 0.05) is 6.54 Å². The largest absolute Gasteiger partial charge is 0.327 e. The van der Waals surface area contributed by atoms with E-state index in [1.165, 1.54) is 0 Å². The van der Waals surface area contributed by atoms with Crippen LogP contribution in [0.1, 0.15) is 12.8 Å². The molecule has 0 heterocycles. The van der Waals surface area contributed by atoms with Gasteiger partial charge in [-0.15, -0.1) is 0 Å². The minimum Gasteiger partial charge on any atom is -0.327 e. The maximum atomic E-state index is 13.0. The van der Waals surface area contributed by atoms with Crippen molar-refractivity contribution < 1.29 is 13.2 Å². The zero-order valence-electron chi connectivity index (χ0n) is 5.49. The summed E-state index contributed by atoms with van der Waals surface area (Å²) in [7, 11) is 0. The summed E-state index contributed by atoms with van der Waals surface area (Å²) in [5.41, 5.74) is 2.49. The van der Waals surface area contributed by atoms with Crippen LogP contribution < -0.4 is 5.73 Å². The van der Waals surface area contributed by atoms with E-state index in [0.29, 0.717) is 12.8 Å². The van der Waals surface area contributed by atoms with E-state index in [9.17, 15) is 13.2 Å². The van der Waals surface area contributed by atoms with E-state index >= 15 is 0 Å². The first-order valence-electron chi connectivity index (χ1n) is 3.28. The second-order valence-electron chi connectivity index (χ2n) is 2.71. The molecule has 4 heteroatoms. The molecule has 0 bridgehead atoms. The average Bonchev–Trinajstić information content (AvgIpc) is 2.67. The van der Waals surface area contributed by atoms with Crippen molar-refractivity contribution in [1.82, 2.24) is 0 Å². The molecule has 1 saturated carbocycles. The van der Waals surface area contributed by atoms with Crippen LogP contribution in [0.3, 0.4) is 0 Å². The highest BCUT2D eigenvalue weighted by atomic mass is 19.3. The SMILES string of the molecule is NCC(F)(C(F)F)C1CC1. The first kappa shape index (κ1) is 7.85. The van der Waals surface area contributed by atoms with Gasteiger partial charge in [-0.1, -0.05) is 0 Å². The number of nitrogens with two attached hydrogens (primary N) is 1. The Morgan fingerprint density at radius 3 is 2.10 bits per heavy atom. The van der Waals surface area contributed by atoms with Crippen LogP contribution in [0.15, 0.2) is 0 Å². The van der Waals surface area contributed by atoms with Gasteiger partial charge in [0.25, 0.3) is 6.43 Å². The van der Waals surface area contributed by atoms with E-state index in [2.05, 4.69) is 0 Å². The highest BCUT2D eigenvalue weighted by molar-refractivity contribution is 4.97. The Labute approximate surface area is 57.4 Å². The quantitative estimate of drug-likeness (QED) is 0.650. The lowest BCUT2D eigenvalue weighted by Gasteiger charge is -2.21. The Kier molecular flexibility index (Phi) is 1.90. The molecule has 60 valence electrons. The van der Waals surface area contributed by atoms with Gasteiger partial charge in [-0.05, 0) is 18.8 Å². The molecule has 0 radical (unpaired) electrons. The summed E-state index contributed by atoms with van der Waals surface area (Å²) in [6, 6.07) is 0. The van der Waals surface area contributed by atoms with Crippen LogP contribution in [0.4, 0.5) is 13.2 Å². The molecule has 1 rings (SSSR count). The molecule has 1 fully saturated rings. The van der Waals surface area contributed by atoms with Gasteiger partial charge < -0.3 is 5.73 Å². The van der Waals surface area contributed by atoms with E-state index in [4.69, 9.17) is 5.73 Å². The summed E-state index contributed by atoms with van der Waals surface area (Å²) in [4.78, 5) is 0. The number of alkyl halides is 3. The van der Waals surface area contributed by atoms with Gasteiger partial charge in [-0.3, -0.25) is 0 Å². The molecule has 0 aromatic rings. The Bertz CT molecular complexity index is 120. The third kappa shape index (κ3) is 1.12. The van der Waals surface area contributed by atoms with Crippen LogP contribution in [0, 0.1) is 5.92 Å². The number of hydrogen-bond acceptors (Lipinski definition) is 1. The van der Waals surface area contributed by atoms with Crippen LogP contribution in [0.2, 0.25) is 0 Å². The summed E-state index contributed by atoms with van der Waals surface area (Å²) in [5.74, 6) is -0.488. The summed E-state index contributed by atoms with van der Waals surface area (Å²) >= 11 is 0. The van der Waals surface area contributed by atoms with Crippen molar-refractivity contribution >= 4 is 0 Å². The van der Waals surface area contributed by atoms with E-state index in [1.54, 1.807) is 0 Å². The summed E-state index contributed by atoms with van der Waals surface area (Å²) in [6.45, 7) is -0.560. The fraction of sp³-hybridized carbons (Fsp3) is 1.00. The van der Waals surface area contributed by atoms with Crippen LogP contribution in [0.25, 0.3) is 0 Å². The number of rotatable bonds is 3. The third-order valence-corrected chi connectivity index (χ3v) is 1.93. The van der Waals surface area contributed by atoms with Gasteiger partial charge in [0.05, 0.1) is 0 Å². The predicted molar refractivity (Wildman–Crippen MR) is 31.6 cm³/mol. The van der Waals surface area contributed by atoms with E-state index in [1.807, 2.05) is 0 Å². The Balaban J connectivity index is 2.56. The number of halogens is 3. The van der Waals surface area contributed by atoms with E-state index < -0.39 is 24.6 Å². The second-order valence-corrected chi connectivity index (χ2v) is 2.71. The molecule has 0 spiro atoms.